The highest BCUT2D eigenvalue weighted by atomic mass is 16.6. The summed E-state index contributed by atoms with van der Waals surface area (Å²) in [6.45, 7) is 6.35. The van der Waals surface area contributed by atoms with Crippen LogP contribution in [0.15, 0.2) is 72.9 Å². The summed E-state index contributed by atoms with van der Waals surface area (Å²) in [6.07, 6.45) is 60.4. The topological polar surface area (TPSA) is 78.9 Å². The van der Waals surface area contributed by atoms with Gasteiger partial charge in [0.15, 0.2) is 6.10 Å². The number of carbonyl (C=O) groups is 3. The number of carbonyl (C=O) groups excluding carboxylic acids is 3. The fourth-order valence-corrected chi connectivity index (χ4v) is 6.77. The summed E-state index contributed by atoms with van der Waals surface area (Å²) < 4.78 is 16.7. The third-order valence-electron chi connectivity index (χ3n) is 10.5. The largest absolute Gasteiger partial charge is 0.462 e. The Hall–Kier alpha value is -3.15. The molecule has 0 aliphatic carbocycles. The highest BCUT2D eigenvalue weighted by Crippen LogP contribution is 2.15. The van der Waals surface area contributed by atoms with E-state index in [1.54, 1.807) is 0 Å². The molecule has 0 amide bonds. The van der Waals surface area contributed by atoms with E-state index < -0.39 is 6.10 Å². The molecule has 6 nitrogen and oxygen atoms in total. The summed E-state index contributed by atoms with van der Waals surface area (Å²) in [5, 5.41) is 0. The van der Waals surface area contributed by atoms with Crippen molar-refractivity contribution >= 4 is 17.9 Å². The maximum atomic E-state index is 12.7. The van der Waals surface area contributed by atoms with Gasteiger partial charge in [-0.15, -0.1) is 0 Å². The zero-order chi connectivity index (χ0) is 43.7. The molecule has 1 unspecified atom stereocenters. The number of rotatable bonds is 44. The van der Waals surface area contributed by atoms with Crippen LogP contribution in [0, 0.1) is 0 Å². The third kappa shape index (κ3) is 45.9. The van der Waals surface area contributed by atoms with Crippen LogP contribution in [0.4, 0.5) is 0 Å². The quantitative estimate of drug-likeness (QED) is 0.0263. The number of hydrogen-bond donors (Lipinski definition) is 0. The van der Waals surface area contributed by atoms with Crippen LogP contribution in [0.3, 0.4) is 0 Å². The average molecular weight is 837 g/mol. The van der Waals surface area contributed by atoms with Gasteiger partial charge in [-0.05, 0) is 77.0 Å². The summed E-state index contributed by atoms with van der Waals surface area (Å²) >= 11 is 0. The van der Waals surface area contributed by atoms with Gasteiger partial charge in [-0.3, -0.25) is 14.4 Å². The summed E-state index contributed by atoms with van der Waals surface area (Å²) in [5.41, 5.74) is 0. The molecule has 0 aromatic carbocycles. The first-order chi connectivity index (χ1) is 29.5. The van der Waals surface area contributed by atoms with Crippen molar-refractivity contribution in [1.29, 1.82) is 0 Å². The molecule has 0 rings (SSSR count). The minimum absolute atomic E-state index is 0.0927. The van der Waals surface area contributed by atoms with Crippen molar-refractivity contribution in [3.8, 4) is 0 Å². The second kappa shape index (κ2) is 48.5. The van der Waals surface area contributed by atoms with Crippen LogP contribution < -0.4 is 0 Å². The molecule has 0 bridgehead atoms. The van der Waals surface area contributed by atoms with Gasteiger partial charge in [-0.25, -0.2) is 0 Å². The van der Waals surface area contributed by atoms with E-state index in [1.807, 2.05) is 0 Å². The standard InChI is InChI=1S/C54H92O6/c1-4-7-10-13-16-19-22-24-25-26-27-28-29-30-33-35-38-41-44-47-53(56)59-50-51(49-58-52(55)46-43-40-37-34-31-21-18-15-12-9-6-3)60-54(57)48-45-42-39-36-32-23-20-17-14-11-8-5-2/h7,9-10,12,16,18-19,21,24-25,34,37,51H,4-6,8,11,13-15,17,20,22-23,26-33,35-36,38-50H2,1-3H3/b10-7-,12-9-,19-16-,21-18-,25-24-,37-34-. The number of ether oxygens (including phenoxy) is 3. The highest BCUT2D eigenvalue weighted by molar-refractivity contribution is 5.71. The van der Waals surface area contributed by atoms with Crippen molar-refractivity contribution in [1.82, 2.24) is 0 Å². The van der Waals surface area contributed by atoms with E-state index in [2.05, 4.69) is 93.7 Å². The molecule has 0 heterocycles. The lowest BCUT2D eigenvalue weighted by Gasteiger charge is -2.18. The number of unbranched alkanes of at least 4 members (excludes halogenated alkanes) is 21. The van der Waals surface area contributed by atoms with Crippen LogP contribution >= 0.6 is 0 Å². The van der Waals surface area contributed by atoms with Crippen molar-refractivity contribution in [3.05, 3.63) is 72.9 Å². The molecule has 60 heavy (non-hydrogen) atoms. The monoisotopic (exact) mass is 837 g/mol. The van der Waals surface area contributed by atoms with E-state index >= 15 is 0 Å². The molecule has 0 aromatic rings. The number of allylic oxidation sites excluding steroid dienone is 12. The highest BCUT2D eigenvalue weighted by Gasteiger charge is 2.19. The van der Waals surface area contributed by atoms with Crippen LogP contribution in [0.5, 0.6) is 0 Å². The van der Waals surface area contributed by atoms with E-state index in [1.165, 1.54) is 103 Å². The Labute approximate surface area is 370 Å². The van der Waals surface area contributed by atoms with E-state index in [-0.39, 0.29) is 37.5 Å². The predicted molar refractivity (Wildman–Crippen MR) is 256 cm³/mol. The first kappa shape index (κ1) is 56.9. The maximum absolute atomic E-state index is 12.7. The molecular weight excluding hydrogens is 745 g/mol. The van der Waals surface area contributed by atoms with E-state index in [9.17, 15) is 14.4 Å². The van der Waals surface area contributed by atoms with Gasteiger partial charge in [0, 0.05) is 19.3 Å². The molecule has 0 aliphatic rings. The Bertz CT molecular complexity index is 1140. The van der Waals surface area contributed by atoms with Crippen molar-refractivity contribution in [3.63, 3.8) is 0 Å². The van der Waals surface area contributed by atoms with E-state index in [4.69, 9.17) is 14.2 Å². The van der Waals surface area contributed by atoms with Crippen LogP contribution in [0.25, 0.3) is 0 Å². The average Bonchev–Trinajstić information content (AvgIpc) is 3.24. The third-order valence-corrected chi connectivity index (χ3v) is 10.5. The molecule has 0 saturated heterocycles. The van der Waals surface area contributed by atoms with Gasteiger partial charge in [0.25, 0.3) is 0 Å². The number of hydrogen-bond acceptors (Lipinski definition) is 6. The smallest absolute Gasteiger partial charge is 0.306 e. The molecule has 1 atom stereocenters. The molecule has 0 fully saturated rings. The lowest BCUT2D eigenvalue weighted by atomic mass is 10.0. The SMILES string of the molecule is CC/C=C\C/C=C\C/C=C\CCCCCCCCCCCC(=O)OCC(COC(=O)CCC/C=C\C/C=C\C/C=C\CC)OC(=O)CCCCCCCCCCCCCC. The number of esters is 3. The first-order valence-corrected chi connectivity index (χ1v) is 24.9. The molecule has 0 N–H and O–H groups in total. The molecule has 0 radical (unpaired) electrons. The van der Waals surface area contributed by atoms with Gasteiger partial charge in [-0.1, -0.05) is 209 Å². The van der Waals surface area contributed by atoms with Gasteiger partial charge >= 0.3 is 17.9 Å². The summed E-state index contributed by atoms with van der Waals surface area (Å²) in [7, 11) is 0. The van der Waals surface area contributed by atoms with E-state index in [0.29, 0.717) is 19.3 Å². The van der Waals surface area contributed by atoms with Crippen LogP contribution in [-0.4, -0.2) is 37.2 Å². The summed E-state index contributed by atoms with van der Waals surface area (Å²) in [6, 6.07) is 0. The molecule has 0 spiro atoms. The Kier molecular flexibility index (Phi) is 46.0. The van der Waals surface area contributed by atoms with Crippen molar-refractivity contribution in [2.45, 2.75) is 239 Å². The fraction of sp³-hybridized carbons (Fsp3) is 0.722. The van der Waals surface area contributed by atoms with Gasteiger partial charge < -0.3 is 14.2 Å². The van der Waals surface area contributed by atoms with Crippen molar-refractivity contribution < 1.29 is 28.6 Å². The Morgan fingerprint density at radius 2 is 0.667 bits per heavy atom. The molecule has 344 valence electrons. The van der Waals surface area contributed by atoms with E-state index in [0.717, 1.165) is 83.5 Å². The Morgan fingerprint density at radius 3 is 1.08 bits per heavy atom. The van der Waals surface area contributed by atoms with Crippen LogP contribution in [0.2, 0.25) is 0 Å². The molecule has 0 aromatic heterocycles. The molecule has 0 aliphatic heterocycles. The second-order valence-electron chi connectivity index (χ2n) is 16.3. The van der Waals surface area contributed by atoms with Crippen LogP contribution in [-0.2, 0) is 28.6 Å². The molecule has 0 saturated carbocycles. The van der Waals surface area contributed by atoms with Crippen molar-refractivity contribution in [2.75, 3.05) is 13.2 Å². The normalized spacial score (nSPS) is 12.7. The zero-order valence-corrected chi connectivity index (χ0v) is 39.2. The molecule has 6 heteroatoms. The predicted octanol–water partition coefficient (Wildman–Crippen LogP) is 16.3. The Morgan fingerprint density at radius 1 is 0.350 bits per heavy atom. The lowest BCUT2D eigenvalue weighted by Crippen LogP contribution is -2.30. The lowest BCUT2D eigenvalue weighted by molar-refractivity contribution is -0.167. The van der Waals surface area contributed by atoms with Gasteiger partial charge in [-0.2, -0.15) is 0 Å². The minimum atomic E-state index is -0.794. The van der Waals surface area contributed by atoms with Gasteiger partial charge in [0.1, 0.15) is 13.2 Å². The molecular formula is C54H92O6. The first-order valence-electron chi connectivity index (χ1n) is 24.9. The van der Waals surface area contributed by atoms with Crippen LogP contribution in [0.1, 0.15) is 233 Å². The zero-order valence-electron chi connectivity index (χ0n) is 39.2. The summed E-state index contributed by atoms with van der Waals surface area (Å²) in [5.74, 6) is -0.954. The second-order valence-corrected chi connectivity index (χ2v) is 16.3. The maximum Gasteiger partial charge on any atom is 0.306 e. The van der Waals surface area contributed by atoms with Gasteiger partial charge in [0.2, 0.25) is 0 Å². The van der Waals surface area contributed by atoms with Gasteiger partial charge in [0.05, 0.1) is 0 Å². The minimum Gasteiger partial charge on any atom is -0.462 e. The summed E-state index contributed by atoms with van der Waals surface area (Å²) in [4.78, 5) is 37.8. The fourth-order valence-electron chi connectivity index (χ4n) is 6.77. The van der Waals surface area contributed by atoms with Crippen molar-refractivity contribution in [2.24, 2.45) is 0 Å². The Balaban J connectivity index is 4.36.